The third-order valence-corrected chi connectivity index (χ3v) is 4.74. The quantitative estimate of drug-likeness (QED) is 0.639. The second-order valence-electron chi connectivity index (χ2n) is 6.99. The number of guanidine groups is 1. The summed E-state index contributed by atoms with van der Waals surface area (Å²) in [6, 6.07) is 10.5. The van der Waals surface area contributed by atoms with Gasteiger partial charge in [-0.25, -0.2) is 4.98 Å². The van der Waals surface area contributed by atoms with Crippen molar-refractivity contribution in [2.24, 2.45) is 4.99 Å². The van der Waals surface area contributed by atoms with Crippen molar-refractivity contribution in [1.29, 1.82) is 0 Å². The van der Waals surface area contributed by atoms with E-state index in [4.69, 9.17) is 4.98 Å². The van der Waals surface area contributed by atoms with Crippen LogP contribution in [0, 0.1) is 0 Å². The molecule has 0 aliphatic heterocycles. The molecule has 2 N–H and O–H groups in total. The van der Waals surface area contributed by atoms with Crippen molar-refractivity contribution in [2.45, 2.75) is 45.6 Å². The summed E-state index contributed by atoms with van der Waals surface area (Å²) in [7, 11) is 1.80. The summed E-state index contributed by atoms with van der Waals surface area (Å²) >= 11 is 1.69. The van der Waals surface area contributed by atoms with E-state index in [-0.39, 0.29) is 5.41 Å². The number of nitrogens with zero attached hydrogens (tertiary/aromatic N) is 2. The number of aromatic nitrogens is 1. The molecule has 24 heavy (non-hydrogen) atoms. The number of nitrogens with one attached hydrogen (secondary N) is 2. The second kappa shape index (κ2) is 8.29. The Morgan fingerprint density at radius 2 is 1.92 bits per heavy atom. The Hall–Kier alpha value is -1.88. The summed E-state index contributed by atoms with van der Waals surface area (Å²) < 4.78 is 0. The molecule has 0 aliphatic carbocycles. The van der Waals surface area contributed by atoms with Crippen LogP contribution >= 0.6 is 11.3 Å². The van der Waals surface area contributed by atoms with Gasteiger partial charge >= 0.3 is 0 Å². The minimum atomic E-state index is 0.0970. The molecule has 1 aromatic carbocycles. The first-order valence-electron chi connectivity index (χ1n) is 8.34. The number of hydrogen-bond acceptors (Lipinski definition) is 3. The molecule has 2 rings (SSSR count). The van der Waals surface area contributed by atoms with Gasteiger partial charge in [-0.15, -0.1) is 11.3 Å². The number of benzene rings is 1. The summed E-state index contributed by atoms with van der Waals surface area (Å²) in [5, 5.41) is 9.96. The monoisotopic (exact) mass is 344 g/mol. The standard InChI is InChI=1S/C19H28N4S/c1-14(15-9-7-6-8-10-15)11-21-18(20-5)22-12-17-23-16(13-24-17)19(2,3)4/h6-10,13-14H,11-12H2,1-5H3,(H2,20,21,22). The Morgan fingerprint density at radius 1 is 1.21 bits per heavy atom. The highest BCUT2D eigenvalue weighted by Gasteiger charge is 2.17. The van der Waals surface area contributed by atoms with E-state index in [9.17, 15) is 0 Å². The largest absolute Gasteiger partial charge is 0.356 e. The lowest BCUT2D eigenvalue weighted by Crippen LogP contribution is -2.38. The zero-order chi connectivity index (χ0) is 17.6. The van der Waals surface area contributed by atoms with E-state index in [0.29, 0.717) is 12.5 Å². The fourth-order valence-corrected chi connectivity index (χ4v) is 3.23. The van der Waals surface area contributed by atoms with Gasteiger partial charge in [0.05, 0.1) is 12.2 Å². The number of hydrogen-bond donors (Lipinski definition) is 2. The maximum Gasteiger partial charge on any atom is 0.191 e. The van der Waals surface area contributed by atoms with Crippen molar-refractivity contribution < 1.29 is 0 Å². The van der Waals surface area contributed by atoms with Gasteiger partial charge in [0.15, 0.2) is 5.96 Å². The van der Waals surface area contributed by atoms with Crippen LogP contribution in [0.1, 0.15) is 49.9 Å². The summed E-state index contributed by atoms with van der Waals surface area (Å²) in [5.74, 6) is 1.24. The van der Waals surface area contributed by atoms with E-state index in [0.717, 1.165) is 23.2 Å². The second-order valence-corrected chi connectivity index (χ2v) is 7.94. The zero-order valence-corrected chi connectivity index (χ0v) is 16.1. The van der Waals surface area contributed by atoms with Crippen LogP contribution in [-0.2, 0) is 12.0 Å². The van der Waals surface area contributed by atoms with Gasteiger partial charge in [0.2, 0.25) is 0 Å². The van der Waals surface area contributed by atoms with Gasteiger partial charge in [-0.2, -0.15) is 0 Å². The number of aliphatic imine (C=N–C) groups is 1. The van der Waals surface area contributed by atoms with Gasteiger partial charge in [0, 0.05) is 24.4 Å². The molecule has 1 unspecified atom stereocenters. The fourth-order valence-electron chi connectivity index (χ4n) is 2.27. The van der Waals surface area contributed by atoms with Crippen molar-refractivity contribution in [3.05, 3.63) is 52.0 Å². The molecule has 5 heteroatoms. The fraction of sp³-hybridized carbons (Fsp3) is 0.474. The molecule has 1 aromatic heterocycles. The highest BCUT2D eigenvalue weighted by molar-refractivity contribution is 7.09. The van der Waals surface area contributed by atoms with Crippen molar-refractivity contribution >= 4 is 17.3 Å². The Morgan fingerprint density at radius 3 is 2.50 bits per heavy atom. The van der Waals surface area contributed by atoms with E-state index < -0.39 is 0 Å². The molecule has 0 bridgehead atoms. The summed E-state index contributed by atoms with van der Waals surface area (Å²) in [4.78, 5) is 9.00. The third kappa shape index (κ3) is 5.34. The molecule has 1 atom stereocenters. The van der Waals surface area contributed by atoms with Gasteiger partial charge in [-0.3, -0.25) is 4.99 Å². The van der Waals surface area contributed by atoms with Gasteiger partial charge < -0.3 is 10.6 Å². The Kier molecular flexibility index (Phi) is 6.37. The molecule has 0 saturated heterocycles. The first-order chi connectivity index (χ1) is 11.4. The van der Waals surface area contributed by atoms with Crippen molar-refractivity contribution in [1.82, 2.24) is 15.6 Å². The van der Waals surface area contributed by atoms with Crippen LogP contribution in [-0.4, -0.2) is 24.5 Å². The van der Waals surface area contributed by atoms with Gasteiger partial charge in [0.1, 0.15) is 5.01 Å². The molecule has 2 aromatic rings. The maximum atomic E-state index is 4.70. The lowest BCUT2D eigenvalue weighted by atomic mass is 9.93. The smallest absolute Gasteiger partial charge is 0.191 e. The summed E-state index contributed by atoms with van der Waals surface area (Å²) in [5.41, 5.74) is 2.57. The van der Waals surface area contributed by atoms with Crippen molar-refractivity contribution in [2.75, 3.05) is 13.6 Å². The number of rotatable bonds is 5. The van der Waals surface area contributed by atoms with Crippen LogP contribution in [0.5, 0.6) is 0 Å². The normalized spacial score (nSPS) is 13.6. The van der Waals surface area contributed by atoms with Crippen LogP contribution in [0.25, 0.3) is 0 Å². The minimum absolute atomic E-state index is 0.0970. The average molecular weight is 345 g/mol. The lowest BCUT2D eigenvalue weighted by Gasteiger charge is -2.16. The van der Waals surface area contributed by atoms with Gasteiger partial charge in [0.25, 0.3) is 0 Å². The Bertz CT molecular complexity index is 656. The predicted octanol–water partition coefficient (Wildman–Crippen LogP) is 3.91. The molecule has 4 nitrogen and oxygen atoms in total. The van der Waals surface area contributed by atoms with Crippen LogP contribution in [0.3, 0.4) is 0 Å². The van der Waals surface area contributed by atoms with Crippen LogP contribution in [0.4, 0.5) is 0 Å². The highest BCUT2D eigenvalue weighted by Crippen LogP contribution is 2.23. The minimum Gasteiger partial charge on any atom is -0.356 e. The molecule has 0 spiro atoms. The Labute approximate surface area is 149 Å². The zero-order valence-electron chi connectivity index (χ0n) is 15.3. The lowest BCUT2D eigenvalue weighted by molar-refractivity contribution is 0.570. The SMILES string of the molecule is CN=C(NCc1nc(C(C)(C)C)cs1)NCC(C)c1ccccc1. The highest BCUT2D eigenvalue weighted by atomic mass is 32.1. The topological polar surface area (TPSA) is 49.3 Å². The van der Waals surface area contributed by atoms with Crippen molar-refractivity contribution in [3.63, 3.8) is 0 Å². The van der Waals surface area contributed by atoms with E-state index in [2.05, 4.69) is 73.0 Å². The van der Waals surface area contributed by atoms with Crippen LogP contribution in [0.2, 0.25) is 0 Å². The van der Waals surface area contributed by atoms with Gasteiger partial charge in [-0.1, -0.05) is 58.0 Å². The maximum absolute atomic E-state index is 4.70. The molecule has 0 aliphatic rings. The van der Waals surface area contributed by atoms with Crippen LogP contribution < -0.4 is 10.6 Å². The van der Waals surface area contributed by atoms with E-state index >= 15 is 0 Å². The first-order valence-corrected chi connectivity index (χ1v) is 9.22. The molecule has 1 heterocycles. The molecule has 0 amide bonds. The summed E-state index contributed by atoms with van der Waals surface area (Å²) in [6.45, 7) is 10.3. The molecule has 0 saturated carbocycles. The number of thiazole rings is 1. The molecule has 0 fully saturated rings. The van der Waals surface area contributed by atoms with E-state index in [1.165, 1.54) is 5.56 Å². The molecular formula is C19H28N4S. The predicted molar refractivity (Wildman–Crippen MR) is 104 cm³/mol. The average Bonchev–Trinajstić information content (AvgIpc) is 3.05. The molecular weight excluding hydrogens is 316 g/mol. The molecule has 0 radical (unpaired) electrons. The van der Waals surface area contributed by atoms with Gasteiger partial charge in [-0.05, 0) is 11.5 Å². The van der Waals surface area contributed by atoms with Crippen LogP contribution in [0.15, 0.2) is 40.7 Å². The molecule has 130 valence electrons. The summed E-state index contributed by atoms with van der Waals surface area (Å²) in [6.07, 6.45) is 0. The van der Waals surface area contributed by atoms with Crippen molar-refractivity contribution in [3.8, 4) is 0 Å². The first kappa shape index (κ1) is 18.5. The Balaban J connectivity index is 1.83. The third-order valence-electron chi connectivity index (χ3n) is 3.90. The van der Waals surface area contributed by atoms with E-state index in [1.807, 2.05) is 6.07 Å². The van der Waals surface area contributed by atoms with E-state index in [1.54, 1.807) is 18.4 Å².